The summed E-state index contributed by atoms with van der Waals surface area (Å²) in [5.74, 6) is 1.52. The summed E-state index contributed by atoms with van der Waals surface area (Å²) >= 11 is 7.17. The van der Waals surface area contributed by atoms with E-state index >= 15 is 0 Å². The molecular weight excluding hydrogens is 363 g/mol. The first kappa shape index (κ1) is 13.7. The Morgan fingerprint density at radius 2 is 1.90 bits per heavy atom. The molecule has 2 aliphatic heterocycles. The fourth-order valence-electron chi connectivity index (χ4n) is 3.19. The summed E-state index contributed by atoms with van der Waals surface area (Å²) in [6.45, 7) is 0.649. The number of amides is 1. The number of fused-ring (bicyclic) bond motifs is 5. The molecule has 102 valence electrons. The molecule has 4 rings (SSSR count). The van der Waals surface area contributed by atoms with E-state index in [4.69, 9.17) is 16.3 Å². The normalized spacial score (nSPS) is 22.4. The first-order chi connectivity index (χ1) is 10.1. The van der Waals surface area contributed by atoms with Gasteiger partial charge in [-0.05, 0) is 0 Å². The Hall–Kier alpha value is -0.896. The molecule has 2 heterocycles. The molecule has 2 aliphatic rings. The van der Waals surface area contributed by atoms with Crippen molar-refractivity contribution in [3.63, 3.8) is 0 Å². The van der Waals surface area contributed by atoms with Crippen LogP contribution in [0.1, 0.15) is 23.0 Å². The van der Waals surface area contributed by atoms with Crippen molar-refractivity contribution in [2.24, 2.45) is 0 Å². The van der Waals surface area contributed by atoms with Crippen LogP contribution >= 0.6 is 11.6 Å². The number of hydrogen-bond acceptors (Lipinski definition) is 2. The zero-order valence-electron chi connectivity index (χ0n) is 11.1. The molecule has 2 aromatic carbocycles. The molecule has 1 N–H and O–H groups in total. The first-order valence-electron chi connectivity index (χ1n) is 6.78. The van der Waals surface area contributed by atoms with Crippen molar-refractivity contribution in [3.8, 4) is 11.5 Å². The maximum absolute atomic E-state index is 12.3. The molecule has 1 fully saturated rings. The molecule has 0 aliphatic carbocycles. The number of hydrogen-bond donors (Lipinski definition) is 1. The van der Waals surface area contributed by atoms with Gasteiger partial charge in [0, 0.05) is 0 Å². The maximum atomic E-state index is 12.3. The third kappa shape index (κ3) is 2.23. The first-order valence-corrected chi connectivity index (χ1v) is 8.57. The Morgan fingerprint density at radius 1 is 1.14 bits per heavy atom. The number of halogens is 1. The fourth-order valence-corrected chi connectivity index (χ4v) is 4.05. The molecule has 0 spiro atoms. The molecule has 1 saturated heterocycles. The van der Waals surface area contributed by atoms with Gasteiger partial charge in [-0.1, -0.05) is 0 Å². The third-order valence-electron chi connectivity index (χ3n) is 4.14. The average molecular weight is 374 g/mol. The van der Waals surface area contributed by atoms with Crippen LogP contribution in [0.4, 0.5) is 0 Å². The quantitative estimate of drug-likeness (QED) is 0.771. The van der Waals surface area contributed by atoms with Crippen LogP contribution in [0, 0.1) is 0 Å². The minimum absolute atomic E-state index is 0.0536. The van der Waals surface area contributed by atoms with Crippen molar-refractivity contribution in [2.45, 2.75) is 11.8 Å². The van der Waals surface area contributed by atoms with Crippen molar-refractivity contribution in [1.82, 2.24) is 5.32 Å². The van der Waals surface area contributed by atoms with Crippen molar-refractivity contribution in [1.29, 1.82) is 0 Å². The van der Waals surface area contributed by atoms with Gasteiger partial charge in [-0.15, -0.1) is 0 Å². The molecular formula is C16H11ClNO2Y. The topological polar surface area (TPSA) is 38.3 Å². The van der Waals surface area contributed by atoms with E-state index in [9.17, 15) is 4.79 Å². The second-order valence-corrected chi connectivity index (χ2v) is 7.49. The zero-order chi connectivity index (χ0) is 14.6. The van der Waals surface area contributed by atoms with Crippen LogP contribution in [0.2, 0.25) is 5.02 Å². The summed E-state index contributed by atoms with van der Waals surface area (Å²) in [6.07, 6.45) is 0. The molecule has 0 radical (unpaired) electrons. The van der Waals surface area contributed by atoms with Crippen LogP contribution in [0.25, 0.3) is 0 Å². The standard InChI is InChI=1S/C16H11ClNO2.Y/c17-9-5-6-14-11(7-9)15-12(8-18-16(15)19)10-3-1-2-4-13(10)20-14;/h2-7,12,15H,8H2,(H,18,19);/t12-,15-;/m1./s1. The van der Waals surface area contributed by atoms with Crippen molar-refractivity contribution < 1.29 is 40.5 Å². The van der Waals surface area contributed by atoms with Crippen LogP contribution in [0.15, 0.2) is 36.4 Å². The third-order valence-corrected chi connectivity index (χ3v) is 5.26. The van der Waals surface area contributed by atoms with E-state index in [1.165, 1.54) is 2.37 Å². The zero-order valence-corrected chi connectivity index (χ0v) is 14.7. The Morgan fingerprint density at radius 3 is 2.76 bits per heavy atom. The van der Waals surface area contributed by atoms with Gasteiger partial charge in [0.25, 0.3) is 0 Å². The molecule has 1 amide bonds. The molecule has 21 heavy (non-hydrogen) atoms. The Bertz CT molecular complexity index is 762. The van der Waals surface area contributed by atoms with Crippen molar-refractivity contribution in [2.75, 3.05) is 6.54 Å². The summed E-state index contributed by atoms with van der Waals surface area (Å²) in [5.41, 5.74) is 2.00. The fraction of sp³-hybridized carbons (Fsp3) is 0.188. The molecule has 5 heteroatoms. The van der Waals surface area contributed by atoms with Crippen LogP contribution in [-0.4, -0.2) is 12.5 Å². The van der Waals surface area contributed by atoms with E-state index in [1.807, 2.05) is 18.2 Å². The monoisotopic (exact) mass is 373 g/mol. The van der Waals surface area contributed by atoms with E-state index < -0.39 is 0 Å². The van der Waals surface area contributed by atoms with Crippen molar-refractivity contribution >= 4 is 19.9 Å². The summed E-state index contributed by atoms with van der Waals surface area (Å²) in [6, 6.07) is 11.8. The van der Waals surface area contributed by atoms with Gasteiger partial charge in [0.2, 0.25) is 0 Å². The number of ether oxygens (including phenoxy) is 1. The predicted octanol–water partition coefficient (Wildman–Crippen LogP) is 2.62. The van der Waals surface area contributed by atoms with Gasteiger partial charge in [-0.2, -0.15) is 0 Å². The number of benzene rings is 2. The Kier molecular flexibility index (Phi) is 3.33. The molecule has 0 unspecified atom stereocenters. The predicted molar refractivity (Wildman–Crippen MR) is 76.1 cm³/mol. The summed E-state index contributed by atoms with van der Waals surface area (Å²) < 4.78 is 7.37. The van der Waals surface area contributed by atoms with Crippen molar-refractivity contribution in [3.05, 3.63) is 52.5 Å². The number of nitrogens with one attached hydrogen (secondary N) is 1. The summed E-state index contributed by atoms with van der Waals surface area (Å²) in [4.78, 5) is 12.3. The number of carbonyl (C=O) groups excluding carboxylic acids is 1. The second kappa shape index (κ2) is 5.08. The van der Waals surface area contributed by atoms with Gasteiger partial charge < -0.3 is 0 Å². The average Bonchev–Trinajstić information content (AvgIpc) is 2.77. The molecule has 0 saturated carbocycles. The van der Waals surface area contributed by atoms with Crippen LogP contribution in [0.3, 0.4) is 0 Å². The van der Waals surface area contributed by atoms with Gasteiger partial charge in [-0.3, -0.25) is 0 Å². The van der Waals surface area contributed by atoms with Gasteiger partial charge in [0.15, 0.2) is 0 Å². The summed E-state index contributed by atoms with van der Waals surface area (Å²) in [5, 5.41) is 3.61. The van der Waals surface area contributed by atoms with Gasteiger partial charge in [0.05, 0.1) is 0 Å². The Balaban J connectivity index is 1.98. The SMILES string of the molecule is O=C1NC[C@@H]2c3c[c]([Y])ccc3Oc3ccc(Cl)cc3[C@@H]12. The molecule has 0 bridgehead atoms. The van der Waals surface area contributed by atoms with E-state index in [0.29, 0.717) is 11.6 Å². The number of carbonyl (C=O) groups is 1. The molecule has 3 nitrogen and oxygen atoms in total. The number of rotatable bonds is 0. The van der Waals surface area contributed by atoms with Gasteiger partial charge in [0.1, 0.15) is 0 Å². The summed E-state index contributed by atoms with van der Waals surface area (Å²) in [7, 11) is 0. The van der Waals surface area contributed by atoms with Crippen LogP contribution in [-0.2, 0) is 35.7 Å². The van der Waals surface area contributed by atoms with Crippen LogP contribution in [0.5, 0.6) is 11.5 Å². The van der Waals surface area contributed by atoms with Crippen LogP contribution < -0.4 is 12.4 Å². The molecule has 2 atom stereocenters. The van der Waals surface area contributed by atoms with E-state index in [2.05, 4.69) is 17.4 Å². The second-order valence-electron chi connectivity index (χ2n) is 5.41. The van der Waals surface area contributed by atoms with Gasteiger partial charge in [-0.25, -0.2) is 0 Å². The molecule has 0 aromatic heterocycles. The molecule has 2 aromatic rings. The van der Waals surface area contributed by atoms with E-state index in [-0.39, 0.29) is 17.7 Å². The Labute approximate surface area is 147 Å². The van der Waals surface area contributed by atoms with E-state index in [0.717, 1.165) is 53.6 Å². The minimum atomic E-state index is -0.220. The van der Waals surface area contributed by atoms with Gasteiger partial charge >= 0.3 is 148 Å². The van der Waals surface area contributed by atoms with E-state index in [1.54, 1.807) is 6.07 Å².